The Balaban J connectivity index is 0.000000278. The molecule has 0 N–H and O–H groups in total. The van der Waals surface area contributed by atoms with Crippen molar-refractivity contribution in [2.45, 2.75) is 521 Å². The molecule has 9 aromatic carbocycles. The van der Waals surface area contributed by atoms with E-state index < -0.39 is 0 Å². The number of hydrogen-bond donors (Lipinski definition) is 0. The maximum Gasteiger partial charge on any atom is -0.0120 e. The third kappa shape index (κ3) is 34.2. The van der Waals surface area contributed by atoms with Gasteiger partial charge in [-0.15, -0.1) is 0 Å². The van der Waals surface area contributed by atoms with Crippen LogP contribution in [0.2, 0.25) is 0 Å². The maximum absolute atomic E-state index is 2.47. The molecule has 134 heavy (non-hydrogen) atoms. The van der Waals surface area contributed by atoms with Crippen LogP contribution in [0.25, 0.3) is 22.3 Å². The van der Waals surface area contributed by atoms with Crippen LogP contribution in [0.3, 0.4) is 0 Å². The predicted molar refractivity (Wildman–Crippen MR) is 606 cm³/mol. The lowest BCUT2D eigenvalue weighted by Gasteiger charge is -2.38. The molecule has 0 heterocycles. The fourth-order valence-electron chi connectivity index (χ4n) is 19.7. The molecule has 0 aliphatic heterocycles. The van der Waals surface area contributed by atoms with Crippen LogP contribution in [0.1, 0.15) is 535 Å². The van der Waals surface area contributed by atoms with Crippen LogP contribution in [-0.4, -0.2) is 0 Å². The molecule has 0 heteroatoms. The zero-order chi connectivity index (χ0) is 103. The highest BCUT2D eigenvalue weighted by Gasteiger charge is 2.38. The zero-order valence-electron chi connectivity index (χ0n) is 97.1. The first kappa shape index (κ1) is 117. The SMILES string of the molecule is CC(C)(C)c1c(-c2ccccc2)cccc1-c1ccccc1.CC(C)(C)c1c(C2CCCCC2)cccc1C1CCCCC1.CC(C)(C)c1cc(C(C)(C)C)c(C(C)(C)C)c(C(C)(C)C)c1.CC(C)(C)c1ccc(C(C)(C)C)c(C(C)(C)C)c1.CC(C)(C)c1ccc(C(C)(C)C)c(C(C)(C)C)c1.CC(C)(C)c1cccc(C(C)(C)C)c1.CC(C)(C)c1cccc(C(C)(C)C)c1C(C)(C)C. The number of rotatable bonds is 4. The third-order valence-corrected chi connectivity index (χ3v) is 27.4. The molecule has 11 rings (SSSR count). The summed E-state index contributed by atoms with van der Waals surface area (Å²) in [6, 6.07) is 70.1. The van der Waals surface area contributed by atoms with E-state index >= 15 is 0 Å². The topological polar surface area (TPSA) is 0 Å². The van der Waals surface area contributed by atoms with Crippen LogP contribution in [0.4, 0.5) is 0 Å². The fourth-order valence-corrected chi connectivity index (χ4v) is 19.7. The second kappa shape index (κ2) is 44.2. The minimum atomic E-state index is 0.0810. The number of benzene rings is 9. The fraction of sp³-hybridized carbons (Fsp3) is 0.597. The Bertz CT molecular complexity index is 4840. The molecule has 0 radical (unpaired) electrons. The Morgan fingerprint density at radius 1 is 0.149 bits per heavy atom. The molecule has 0 amide bonds. The Morgan fingerprint density at radius 3 is 0.634 bits per heavy atom. The maximum atomic E-state index is 2.47. The van der Waals surface area contributed by atoms with E-state index in [-0.39, 0.29) is 92.1 Å². The van der Waals surface area contributed by atoms with E-state index in [4.69, 9.17) is 0 Å². The summed E-state index contributed by atoms with van der Waals surface area (Å²) in [4.78, 5) is 0. The monoisotopic (exact) mass is 1820 g/mol. The van der Waals surface area contributed by atoms with Crippen LogP contribution in [0, 0.1) is 0 Å². The molecular weight excluding hydrogens is 1610 g/mol. The van der Waals surface area contributed by atoms with Crippen molar-refractivity contribution in [1.29, 1.82) is 0 Å². The van der Waals surface area contributed by atoms with Crippen molar-refractivity contribution in [2.24, 2.45) is 0 Å². The van der Waals surface area contributed by atoms with Gasteiger partial charge in [-0.25, -0.2) is 0 Å². The van der Waals surface area contributed by atoms with Gasteiger partial charge in [-0.2, -0.15) is 0 Å². The van der Waals surface area contributed by atoms with Gasteiger partial charge in [0.25, 0.3) is 0 Å². The van der Waals surface area contributed by atoms with Crippen molar-refractivity contribution in [3.05, 3.63) is 294 Å². The van der Waals surface area contributed by atoms with Crippen LogP contribution in [0.15, 0.2) is 188 Å². The summed E-state index contributed by atoms with van der Waals surface area (Å²) >= 11 is 0. The lowest BCUT2D eigenvalue weighted by Crippen LogP contribution is -2.29. The van der Waals surface area contributed by atoms with Crippen LogP contribution in [0.5, 0.6) is 0 Å². The second-order valence-corrected chi connectivity index (χ2v) is 58.0. The van der Waals surface area contributed by atoms with E-state index in [9.17, 15) is 0 Å². The Hall–Kier alpha value is -7.02. The van der Waals surface area contributed by atoms with Crippen molar-refractivity contribution in [3.63, 3.8) is 0 Å². The number of hydrogen-bond acceptors (Lipinski definition) is 0. The average molecular weight is 1820 g/mol. The van der Waals surface area contributed by atoms with Crippen LogP contribution < -0.4 is 0 Å². The molecule has 0 atom stereocenters. The normalized spacial score (nSPS) is 14.8. The summed E-state index contributed by atoms with van der Waals surface area (Å²) in [6.07, 6.45) is 14.3. The third-order valence-electron chi connectivity index (χ3n) is 27.4. The van der Waals surface area contributed by atoms with Gasteiger partial charge < -0.3 is 0 Å². The summed E-state index contributed by atoms with van der Waals surface area (Å²) in [5.41, 5.74) is 37.3. The van der Waals surface area contributed by atoms with Gasteiger partial charge >= 0.3 is 0 Å². The molecule has 0 saturated heterocycles. The van der Waals surface area contributed by atoms with Gasteiger partial charge in [-0.3, -0.25) is 0 Å². The molecule has 2 saturated carbocycles. The molecule has 2 aliphatic rings. The van der Waals surface area contributed by atoms with Gasteiger partial charge in [-0.1, -0.05) is 580 Å². The van der Waals surface area contributed by atoms with Crippen molar-refractivity contribution < 1.29 is 0 Å². The smallest absolute Gasteiger partial charge is 0.0120 e. The summed E-state index contributed by atoms with van der Waals surface area (Å²) in [5.74, 6) is 1.65. The van der Waals surface area contributed by atoms with Gasteiger partial charge in [0.2, 0.25) is 0 Å². The largest absolute Gasteiger partial charge is 0.0622 e. The van der Waals surface area contributed by atoms with E-state index in [1.165, 1.54) is 170 Å². The predicted octanol–water partition coefficient (Wildman–Crippen LogP) is 41.3. The van der Waals surface area contributed by atoms with Crippen molar-refractivity contribution in [3.8, 4) is 22.3 Å². The lowest BCUT2D eigenvalue weighted by molar-refractivity contribution is 0.420. The van der Waals surface area contributed by atoms with Crippen molar-refractivity contribution in [2.75, 3.05) is 0 Å². The molecule has 0 nitrogen and oxygen atoms in total. The van der Waals surface area contributed by atoms with Gasteiger partial charge in [0, 0.05) is 0 Å². The van der Waals surface area contributed by atoms with E-state index in [0.29, 0.717) is 0 Å². The first-order valence-electron chi connectivity index (χ1n) is 52.5. The second-order valence-electron chi connectivity index (χ2n) is 58.0. The van der Waals surface area contributed by atoms with E-state index in [0.717, 1.165) is 11.8 Å². The van der Waals surface area contributed by atoms with Crippen molar-refractivity contribution >= 4 is 0 Å². The Kier molecular flexibility index (Phi) is 38.8. The molecule has 0 aromatic heterocycles. The molecule has 9 aromatic rings. The van der Waals surface area contributed by atoms with Gasteiger partial charge in [0.15, 0.2) is 0 Å². The van der Waals surface area contributed by atoms with Gasteiger partial charge in [0.1, 0.15) is 0 Å². The first-order chi connectivity index (χ1) is 60.3. The first-order valence-corrected chi connectivity index (χ1v) is 52.5. The summed E-state index contributed by atoms with van der Waals surface area (Å²) in [7, 11) is 0. The quantitative estimate of drug-likeness (QED) is 0.165. The van der Waals surface area contributed by atoms with E-state index in [1.54, 1.807) is 22.3 Å². The average Bonchev–Trinajstić information content (AvgIpc) is 0.734. The molecule has 2 aliphatic carbocycles. The summed E-state index contributed by atoms with van der Waals surface area (Å²) in [5, 5.41) is 0. The zero-order valence-corrected chi connectivity index (χ0v) is 97.1. The minimum Gasteiger partial charge on any atom is -0.0622 e. The highest BCUT2D eigenvalue weighted by molar-refractivity contribution is 5.80. The van der Waals surface area contributed by atoms with Crippen LogP contribution in [-0.2, 0) is 92.1 Å². The Labute approximate surface area is 831 Å². The lowest BCUT2D eigenvalue weighted by atomic mass is 9.66. The van der Waals surface area contributed by atoms with Crippen LogP contribution >= 0.6 is 0 Å². The molecule has 0 spiro atoms. The molecule has 0 bridgehead atoms. The molecule has 742 valence electrons. The van der Waals surface area contributed by atoms with E-state index in [2.05, 4.69) is 541 Å². The molecule has 0 unspecified atom stereocenters. The molecule has 2 fully saturated rings. The molecular formula is C134H206. The minimum absolute atomic E-state index is 0.0810. The van der Waals surface area contributed by atoms with E-state index in [1.807, 2.05) is 0 Å². The van der Waals surface area contributed by atoms with Gasteiger partial charge in [0.05, 0.1) is 0 Å². The van der Waals surface area contributed by atoms with Crippen molar-refractivity contribution in [1.82, 2.24) is 0 Å². The summed E-state index contributed by atoms with van der Waals surface area (Å²) in [6.45, 7) is 118. The highest BCUT2D eigenvalue weighted by atomic mass is 14.4. The Morgan fingerprint density at radius 2 is 0.381 bits per heavy atom. The van der Waals surface area contributed by atoms with Gasteiger partial charge in [-0.05, 0) is 258 Å². The summed E-state index contributed by atoms with van der Waals surface area (Å²) < 4.78 is 0. The standard InChI is InChI=1S/C22H34.C22H22.C22H38.3C18H30.C14H22/c2*1-22(2,3)21-19(17-11-6-4-7-12-17)15-10-16-20(21)18-13-8-5-9-14-18;1-19(2,3)15-13-16(20(4,5)6)18(22(10,11)12)17(14-15)21(7,8)9;2*1-16(2,3)13-10-11-14(17(4,5)6)15(12-13)18(7,8)9;1-16(2,3)13-11-10-12-14(17(4,5)6)15(13)18(7,8)9;1-13(2,3)11-8-7-9-12(10-11)14(4,5)6/h10,15-18H,4-9,11-14H2,1-3H3;4-16H,1-3H3;13-14H,1-12H3;3*10-12H,1-9H3;7-10H,1-6H3. The highest BCUT2D eigenvalue weighted by Crippen LogP contribution is 2.50.